The molecule has 26 heavy (non-hydrogen) atoms. The van der Waals surface area contributed by atoms with Crippen LogP contribution in [0.2, 0.25) is 0 Å². The minimum Gasteiger partial charge on any atom is -0.383 e. The molecule has 2 heterocycles. The third-order valence-electron chi connectivity index (χ3n) is 4.52. The van der Waals surface area contributed by atoms with Crippen LogP contribution in [0.1, 0.15) is 12.0 Å². The lowest BCUT2D eigenvalue weighted by atomic mass is 10.1. The molecular formula is C18H23N3O4S. The number of hydrogen-bond acceptors (Lipinski definition) is 5. The summed E-state index contributed by atoms with van der Waals surface area (Å²) in [5.74, 6) is 0.0725. The molecule has 2 aromatic rings. The van der Waals surface area contributed by atoms with Gasteiger partial charge in [-0.3, -0.25) is 4.79 Å². The van der Waals surface area contributed by atoms with E-state index in [1.807, 2.05) is 36.5 Å². The van der Waals surface area contributed by atoms with Crippen LogP contribution in [-0.4, -0.2) is 66.8 Å². The van der Waals surface area contributed by atoms with Crippen LogP contribution in [-0.2, 0) is 25.8 Å². The van der Waals surface area contributed by atoms with E-state index in [0.717, 1.165) is 11.3 Å². The fourth-order valence-electron chi connectivity index (χ4n) is 3.17. The van der Waals surface area contributed by atoms with Crippen LogP contribution >= 0.6 is 0 Å². The van der Waals surface area contributed by atoms with E-state index in [9.17, 15) is 13.2 Å². The predicted octanol–water partition coefficient (Wildman–Crippen LogP) is 1.08. The van der Waals surface area contributed by atoms with Gasteiger partial charge in [-0.25, -0.2) is 13.1 Å². The van der Waals surface area contributed by atoms with Crippen LogP contribution in [0.25, 0.3) is 5.69 Å². The molecule has 0 N–H and O–H groups in total. The van der Waals surface area contributed by atoms with E-state index in [1.54, 1.807) is 22.9 Å². The molecule has 140 valence electrons. The monoisotopic (exact) mass is 377 g/mol. The maximum atomic E-state index is 12.8. The van der Waals surface area contributed by atoms with Gasteiger partial charge in [0.25, 0.3) is 0 Å². The number of para-hydroxylation sites is 1. The molecule has 0 saturated carbocycles. The van der Waals surface area contributed by atoms with Gasteiger partial charge in [-0.2, -0.15) is 5.10 Å². The fraction of sp³-hybridized carbons (Fsp3) is 0.444. The Kier molecular flexibility index (Phi) is 5.73. The zero-order chi connectivity index (χ0) is 18.6. The zero-order valence-corrected chi connectivity index (χ0v) is 15.6. The number of aromatic nitrogens is 2. The Bertz CT molecular complexity index is 848. The summed E-state index contributed by atoms with van der Waals surface area (Å²) in [5, 5.41) is 4.31. The van der Waals surface area contributed by atoms with Crippen LogP contribution in [0.5, 0.6) is 0 Å². The first-order chi connectivity index (χ1) is 12.5. The van der Waals surface area contributed by atoms with Crippen LogP contribution in [0, 0.1) is 0 Å². The lowest BCUT2D eigenvalue weighted by Gasteiger charge is -2.28. The minimum absolute atomic E-state index is 0.0335. The largest absolute Gasteiger partial charge is 0.383 e. The molecular weight excluding hydrogens is 354 g/mol. The fourth-order valence-corrected chi connectivity index (χ4v) is 4.90. The van der Waals surface area contributed by atoms with Crippen molar-refractivity contribution in [2.75, 3.05) is 31.8 Å². The smallest absolute Gasteiger partial charge is 0.227 e. The van der Waals surface area contributed by atoms with Gasteiger partial charge in [0.05, 0.1) is 36.4 Å². The summed E-state index contributed by atoms with van der Waals surface area (Å²) in [7, 11) is -1.49. The Hall–Kier alpha value is -2.19. The SMILES string of the molecule is COCCN(C(=O)Cc1cnn(-c2ccccc2)c1)C1CCS(=O)(=O)C1. The van der Waals surface area contributed by atoms with Gasteiger partial charge in [0.1, 0.15) is 0 Å². The molecule has 1 atom stereocenters. The zero-order valence-electron chi connectivity index (χ0n) is 14.7. The molecule has 1 aliphatic heterocycles. The second-order valence-electron chi connectivity index (χ2n) is 6.44. The molecule has 0 spiro atoms. The number of carbonyl (C=O) groups excluding carboxylic acids is 1. The molecule has 3 rings (SSSR count). The van der Waals surface area contributed by atoms with E-state index >= 15 is 0 Å². The Morgan fingerprint density at radius 2 is 2.12 bits per heavy atom. The van der Waals surface area contributed by atoms with Gasteiger partial charge in [-0.05, 0) is 24.1 Å². The number of amides is 1. The van der Waals surface area contributed by atoms with Crippen molar-refractivity contribution in [2.24, 2.45) is 0 Å². The number of methoxy groups -OCH3 is 1. The minimum atomic E-state index is -3.05. The van der Waals surface area contributed by atoms with Crippen molar-refractivity contribution in [1.29, 1.82) is 0 Å². The quantitative estimate of drug-likeness (QED) is 0.721. The Balaban J connectivity index is 1.70. The third kappa shape index (κ3) is 4.50. The molecule has 1 fully saturated rings. The van der Waals surface area contributed by atoms with E-state index in [-0.39, 0.29) is 29.9 Å². The van der Waals surface area contributed by atoms with Crippen molar-refractivity contribution in [2.45, 2.75) is 18.9 Å². The van der Waals surface area contributed by atoms with Crippen molar-refractivity contribution in [3.8, 4) is 5.69 Å². The number of rotatable bonds is 7. The first kappa shape index (κ1) is 18.6. The normalized spacial score (nSPS) is 18.7. The van der Waals surface area contributed by atoms with Gasteiger partial charge in [0.2, 0.25) is 5.91 Å². The van der Waals surface area contributed by atoms with Gasteiger partial charge in [0.15, 0.2) is 9.84 Å². The van der Waals surface area contributed by atoms with Gasteiger partial charge < -0.3 is 9.64 Å². The standard InChI is InChI=1S/C18H23N3O4S/c1-25-9-8-20(17-7-10-26(23,24)14-17)18(22)11-15-12-19-21(13-15)16-5-3-2-4-6-16/h2-6,12-13,17H,7-11,14H2,1H3. The maximum Gasteiger partial charge on any atom is 0.227 e. The molecule has 1 amide bonds. The number of hydrogen-bond donors (Lipinski definition) is 0. The number of ether oxygens (including phenoxy) is 1. The Morgan fingerprint density at radius 1 is 1.35 bits per heavy atom. The molecule has 1 aromatic heterocycles. The summed E-state index contributed by atoms with van der Waals surface area (Å²) in [6.07, 6.45) is 4.17. The van der Waals surface area contributed by atoms with Crippen molar-refractivity contribution in [3.05, 3.63) is 48.3 Å². The number of benzene rings is 1. The Labute approximate surface area is 153 Å². The van der Waals surface area contributed by atoms with Crippen LogP contribution in [0.15, 0.2) is 42.7 Å². The molecule has 1 aliphatic rings. The molecule has 1 aromatic carbocycles. The van der Waals surface area contributed by atoms with E-state index in [1.165, 1.54) is 0 Å². The summed E-state index contributed by atoms with van der Waals surface area (Å²) in [4.78, 5) is 14.4. The summed E-state index contributed by atoms with van der Waals surface area (Å²) < 4.78 is 30.4. The van der Waals surface area contributed by atoms with E-state index < -0.39 is 9.84 Å². The van der Waals surface area contributed by atoms with Gasteiger partial charge in [0, 0.05) is 25.9 Å². The van der Waals surface area contributed by atoms with E-state index in [4.69, 9.17) is 4.74 Å². The summed E-state index contributed by atoms with van der Waals surface area (Å²) in [5.41, 5.74) is 1.71. The highest BCUT2D eigenvalue weighted by molar-refractivity contribution is 7.91. The molecule has 7 nitrogen and oxygen atoms in total. The highest BCUT2D eigenvalue weighted by atomic mass is 32.2. The number of sulfone groups is 1. The van der Waals surface area contributed by atoms with Crippen molar-refractivity contribution in [1.82, 2.24) is 14.7 Å². The maximum absolute atomic E-state index is 12.8. The van der Waals surface area contributed by atoms with Crippen molar-refractivity contribution < 1.29 is 17.9 Å². The van der Waals surface area contributed by atoms with Gasteiger partial charge in [-0.15, -0.1) is 0 Å². The number of carbonyl (C=O) groups is 1. The Morgan fingerprint density at radius 3 is 2.77 bits per heavy atom. The van der Waals surface area contributed by atoms with E-state index in [2.05, 4.69) is 5.10 Å². The summed E-state index contributed by atoms with van der Waals surface area (Å²) in [6.45, 7) is 0.772. The van der Waals surface area contributed by atoms with Crippen LogP contribution < -0.4 is 0 Å². The third-order valence-corrected chi connectivity index (χ3v) is 6.27. The molecule has 0 radical (unpaired) electrons. The average Bonchev–Trinajstić information content (AvgIpc) is 3.22. The summed E-state index contributed by atoms with van der Waals surface area (Å²) in [6, 6.07) is 9.39. The predicted molar refractivity (Wildman–Crippen MR) is 97.9 cm³/mol. The van der Waals surface area contributed by atoms with Crippen LogP contribution in [0.4, 0.5) is 0 Å². The van der Waals surface area contributed by atoms with Gasteiger partial charge >= 0.3 is 0 Å². The second kappa shape index (κ2) is 8.01. The molecule has 0 aliphatic carbocycles. The summed E-state index contributed by atoms with van der Waals surface area (Å²) >= 11 is 0. The molecule has 8 heteroatoms. The first-order valence-electron chi connectivity index (χ1n) is 8.56. The average molecular weight is 377 g/mol. The van der Waals surface area contributed by atoms with Crippen molar-refractivity contribution in [3.63, 3.8) is 0 Å². The second-order valence-corrected chi connectivity index (χ2v) is 8.67. The number of nitrogens with zero attached hydrogens (tertiary/aromatic N) is 3. The highest BCUT2D eigenvalue weighted by Gasteiger charge is 2.34. The topological polar surface area (TPSA) is 81.5 Å². The first-order valence-corrected chi connectivity index (χ1v) is 10.4. The molecule has 0 bridgehead atoms. The molecule has 1 saturated heterocycles. The lowest BCUT2D eigenvalue weighted by molar-refractivity contribution is -0.133. The lowest BCUT2D eigenvalue weighted by Crippen LogP contribution is -2.43. The van der Waals surface area contributed by atoms with E-state index in [0.29, 0.717) is 19.6 Å². The van der Waals surface area contributed by atoms with Gasteiger partial charge in [-0.1, -0.05) is 18.2 Å². The highest BCUT2D eigenvalue weighted by Crippen LogP contribution is 2.19. The van der Waals surface area contributed by atoms with Crippen LogP contribution in [0.3, 0.4) is 0 Å². The molecule has 1 unspecified atom stereocenters. The van der Waals surface area contributed by atoms with Crippen molar-refractivity contribution >= 4 is 15.7 Å².